The first-order valence-corrected chi connectivity index (χ1v) is 8.02. The van der Waals surface area contributed by atoms with E-state index in [-0.39, 0.29) is 6.03 Å². The number of para-hydroxylation sites is 1. The third kappa shape index (κ3) is 4.57. The molecular formula is C18H20N6O. The van der Waals surface area contributed by atoms with Crippen molar-refractivity contribution in [1.82, 2.24) is 19.9 Å². The Balaban J connectivity index is 1.45. The number of hydrogen-bond donors (Lipinski definition) is 3. The summed E-state index contributed by atoms with van der Waals surface area (Å²) in [5, 5.41) is 8.81. The number of carbonyl (C=O) groups is 1. The van der Waals surface area contributed by atoms with E-state index >= 15 is 0 Å². The minimum absolute atomic E-state index is 0.230. The summed E-state index contributed by atoms with van der Waals surface area (Å²) < 4.78 is 1.90. The number of nitrogens with one attached hydrogen (secondary N) is 3. The van der Waals surface area contributed by atoms with Crippen LogP contribution in [0.5, 0.6) is 0 Å². The lowest BCUT2D eigenvalue weighted by atomic mass is 10.2. The zero-order valence-corrected chi connectivity index (χ0v) is 13.9. The number of benzene rings is 1. The molecule has 2 heterocycles. The molecule has 0 atom stereocenters. The quantitative estimate of drug-likeness (QED) is 0.604. The van der Waals surface area contributed by atoms with Crippen molar-refractivity contribution in [3.05, 3.63) is 66.7 Å². The smallest absolute Gasteiger partial charge is 0.319 e. The van der Waals surface area contributed by atoms with Crippen molar-refractivity contribution in [3.8, 4) is 5.82 Å². The number of aromatic nitrogens is 3. The van der Waals surface area contributed by atoms with Gasteiger partial charge in [-0.05, 0) is 30.7 Å². The molecule has 0 saturated heterocycles. The molecule has 0 fully saturated rings. The average Bonchev–Trinajstić information content (AvgIpc) is 3.16. The van der Waals surface area contributed by atoms with Gasteiger partial charge in [0.1, 0.15) is 18.0 Å². The Morgan fingerprint density at radius 3 is 2.68 bits per heavy atom. The van der Waals surface area contributed by atoms with Crippen LogP contribution in [0.15, 0.2) is 61.2 Å². The van der Waals surface area contributed by atoms with E-state index in [9.17, 15) is 4.79 Å². The fourth-order valence-corrected chi connectivity index (χ4v) is 2.32. The topological polar surface area (TPSA) is 83.9 Å². The summed E-state index contributed by atoms with van der Waals surface area (Å²) in [5.41, 5.74) is 1.83. The number of urea groups is 1. The molecule has 0 spiro atoms. The van der Waals surface area contributed by atoms with E-state index in [1.54, 1.807) is 0 Å². The summed E-state index contributed by atoms with van der Waals surface area (Å²) in [4.78, 5) is 20.3. The molecule has 1 aromatic carbocycles. The largest absolute Gasteiger partial charge is 0.368 e. The second kappa shape index (κ2) is 7.96. The SMILES string of the molecule is Cc1ccccc1NC(=O)NCCNc1cc(-n2cccc2)ncn1. The van der Waals surface area contributed by atoms with Gasteiger partial charge in [-0.25, -0.2) is 14.8 Å². The molecule has 2 amide bonds. The molecule has 0 aliphatic heterocycles. The first kappa shape index (κ1) is 16.5. The van der Waals surface area contributed by atoms with Crippen LogP contribution in [0.1, 0.15) is 5.56 Å². The fraction of sp³-hybridized carbons (Fsp3) is 0.167. The van der Waals surface area contributed by atoms with Crippen LogP contribution in [-0.4, -0.2) is 33.7 Å². The van der Waals surface area contributed by atoms with Gasteiger partial charge < -0.3 is 20.5 Å². The molecule has 0 aliphatic rings. The third-order valence-corrected chi connectivity index (χ3v) is 3.63. The number of nitrogens with zero attached hydrogens (tertiary/aromatic N) is 3. The van der Waals surface area contributed by atoms with Crippen molar-refractivity contribution in [1.29, 1.82) is 0 Å². The van der Waals surface area contributed by atoms with E-state index in [1.165, 1.54) is 6.33 Å². The molecule has 0 bridgehead atoms. The molecule has 0 saturated carbocycles. The molecule has 128 valence electrons. The second-order valence-corrected chi connectivity index (χ2v) is 5.47. The molecule has 7 nitrogen and oxygen atoms in total. The van der Waals surface area contributed by atoms with Gasteiger partial charge >= 0.3 is 6.03 Å². The lowest BCUT2D eigenvalue weighted by molar-refractivity contribution is 0.252. The van der Waals surface area contributed by atoms with Crippen LogP contribution >= 0.6 is 0 Å². The van der Waals surface area contributed by atoms with Gasteiger partial charge in [0.05, 0.1) is 0 Å². The van der Waals surface area contributed by atoms with Gasteiger partial charge in [0.25, 0.3) is 0 Å². The van der Waals surface area contributed by atoms with Crippen molar-refractivity contribution >= 4 is 17.5 Å². The minimum Gasteiger partial charge on any atom is -0.368 e. The highest BCUT2D eigenvalue weighted by atomic mass is 16.2. The van der Waals surface area contributed by atoms with Gasteiger partial charge in [-0.15, -0.1) is 0 Å². The standard InChI is InChI=1S/C18H20N6O/c1-14-6-2-3-7-15(14)23-18(25)20-9-8-19-16-12-17(22-13-21-16)24-10-4-5-11-24/h2-7,10-13H,8-9H2,1H3,(H,19,21,22)(H2,20,23,25). The summed E-state index contributed by atoms with van der Waals surface area (Å²) in [6.45, 7) is 2.98. The average molecular weight is 336 g/mol. The maximum absolute atomic E-state index is 11.9. The number of aryl methyl sites for hydroxylation is 1. The predicted molar refractivity (Wildman–Crippen MR) is 98.0 cm³/mol. The van der Waals surface area contributed by atoms with E-state index in [1.807, 2.05) is 66.3 Å². The summed E-state index contributed by atoms with van der Waals surface area (Å²) in [5.74, 6) is 1.49. The van der Waals surface area contributed by atoms with Crippen molar-refractivity contribution in [3.63, 3.8) is 0 Å². The zero-order valence-electron chi connectivity index (χ0n) is 13.9. The number of rotatable bonds is 6. The van der Waals surface area contributed by atoms with E-state index in [0.717, 1.165) is 17.1 Å². The Hall–Kier alpha value is -3.35. The summed E-state index contributed by atoms with van der Waals surface area (Å²) >= 11 is 0. The molecule has 2 aromatic heterocycles. The van der Waals surface area contributed by atoms with Gasteiger partial charge in [0.2, 0.25) is 0 Å². The molecule has 3 rings (SSSR count). The van der Waals surface area contributed by atoms with Gasteiger partial charge in [0, 0.05) is 37.2 Å². The molecule has 0 aliphatic carbocycles. The van der Waals surface area contributed by atoms with Crippen LogP contribution < -0.4 is 16.0 Å². The highest BCUT2D eigenvalue weighted by Gasteiger charge is 2.03. The van der Waals surface area contributed by atoms with Crippen molar-refractivity contribution in [2.24, 2.45) is 0 Å². The predicted octanol–water partition coefficient (Wildman–Crippen LogP) is 2.81. The molecule has 0 unspecified atom stereocenters. The van der Waals surface area contributed by atoms with Crippen LogP contribution in [0.3, 0.4) is 0 Å². The third-order valence-electron chi connectivity index (χ3n) is 3.63. The molecule has 3 N–H and O–H groups in total. The van der Waals surface area contributed by atoms with Crippen molar-refractivity contribution in [2.75, 3.05) is 23.7 Å². The summed E-state index contributed by atoms with van der Waals surface area (Å²) in [6.07, 6.45) is 5.35. The molecular weight excluding hydrogens is 316 g/mol. The lowest BCUT2D eigenvalue weighted by Crippen LogP contribution is -2.32. The van der Waals surface area contributed by atoms with E-state index < -0.39 is 0 Å². The molecule has 3 aromatic rings. The van der Waals surface area contributed by atoms with E-state index in [2.05, 4.69) is 25.9 Å². The van der Waals surface area contributed by atoms with E-state index in [4.69, 9.17) is 0 Å². The zero-order chi connectivity index (χ0) is 17.5. The Bertz CT molecular complexity index is 831. The number of amides is 2. The highest BCUT2D eigenvalue weighted by molar-refractivity contribution is 5.90. The first-order chi connectivity index (χ1) is 12.2. The Labute approximate surface area is 146 Å². The van der Waals surface area contributed by atoms with Crippen LogP contribution in [-0.2, 0) is 0 Å². The van der Waals surface area contributed by atoms with Crippen LogP contribution in [0, 0.1) is 6.92 Å². The van der Waals surface area contributed by atoms with E-state index in [0.29, 0.717) is 18.9 Å². The number of carbonyl (C=O) groups excluding carboxylic acids is 1. The maximum atomic E-state index is 11.9. The highest BCUT2D eigenvalue weighted by Crippen LogP contribution is 2.12. The molecule has 25 heavy (non-hydrogen) atoms. The Morgan fingerprint density at radius 2 is 1.88 bits per heavy atom. The summed E-state index contributed by atoms with van der Waals surface area (Å²) in [6, 6.07) is 13.2. The first-order valence-electron chi connectivity index (χ1n) is 8.02. The Kier molecular flexibility index (Phi) is 5.26. The van der Waals surface area contributed by atoms with Crippen LogP contribution in [0.4, 0.5) is 16.3 Å². The second-order valence-electron chi connectivity index (χ2n) is 5.47. The van der Waals surface area contributed by atoms with Crippen molar-refractivity contribution < 1.29 is 4.79 Å². The lowest BCUT2D eigenvalue weighted by Gasteiger charge is -2.11. The van der Waals surface area contributed by atoms with Crippen LogP contribution in [0.2, 0.25) is 0 Å². The molecule has 0 radical (unpaired) electrons. The maximum Gasteiger partial charge on any atom is 0.319 e. The minimum atomic E-state index is -0.230. The van der Waals surface area contributed by atoms with Gasteiger partial charge in [0.15, 0.2) is 0 Å². The van der Waals surface area contributed by atoms with Crippen molar-refractivity contribution in [2.45, 2.75) is 6.92 Å². The van der Waals surface area contributed by atoms with Gasteiger partial charge in [-0.2, -0.15) is 0 Å². The normalized spacial score (nSPS) is 10.3. The number of anilines is 2. The Morgan fingerprint density at radius 1 is 1.08 bits per heavy atom. The van der Waals surface area contributed by atoms with Gasteiger partial charge in [-0.1, -0.05) is 18.2 Å². The van der Waals surface area contributed by atoms with Crippen LogP contribution in [0.25, 0.3) is 5.82 Å². The number of hydrogen-bond acceptors (Lipinski definition) is 4. The fourth-order valence-electron chi connectivity index (χ4n) is 2.32. The molecule has 7 heteroatoms. The van der Waals surface area contributed by atoms with Gasteiger partial charge in [-0.3, -0.25) is 0 Å². The summed E-state index contributed by atoms with van der Waals surface area (Å²) in [7, 11) is 0. The monoisotopic (exact) mass is 336 g/mol.